The number of aryl methyl sites for hydroxylation is 1. The van der Waals surface area contributed by atoms with Gasteiger partial charge in [-0.25, -0.2) is 8.78 Å². The fourth-order valence-electron chi connectivity index (χ4n) is 2.72. The maximum Gasteiger partial charge on any atom is 0.159 e. The first-order chi connectivity index (χ1) is 9.13. The van der Waals surface area contributed by atoms with E-state index in [4.69, 9.17) is 5.73 Å². The molecule has 19 heavy (non-hydrogen) atoms. The van der Waals surface area contributed by atoms with Crippen LogP contribution in [0, 0.1) is 11.6 Å². The number of nitrogens with zero attached hydrogens (tertiary/aromatic N) is 1. The van der Waals surface area contributed by atoms with Crippen LogP contribution >= 0.6 is 0 Å². The largest absolute Gasteiger partial charge is 0.349 e. The standard InChI is InChI=1S/C15H16F2N2/c16-13-5-4-10(6-14(13)17)7-19-8-11-2-1-3-15(18)12(11)9-19/h4-6,8-9,15H,1-3,7,18H2. The summed E-state index contributed by atoms with van der Waals surface area (Å²) in [6.45, 7) is 0.539. The molecule has 2 nitrogen and oxygen atoms in total. The van der Waals surface area contributed by atoms with Gasteiger partial charge in [0.25, 0.3) is 0 Å². The van der Waals surface area contributed by atoms with Crippen molar-refractivity contribution in [2.24, 2.45) is 5.73 Å². The van der Waals surface area contributed by atoms with Crippen molar-refractivity contribution in [2.75, 3.05) is 0 Å². The Morgan fingerprint density at radius 1 is 1.21 bits per heavy atom. The zero-order valence-corrected chi connectivity index (χ0v) is 10.6. The molecule has 2 N–H and O–H groups in total. The lowest BCUT2D eigenvalue weighted by molar-refractivity contribution is 0.506. The molecule has 1 atom stereocenters. The van der Waals surface area contributed by atoms with Gasteiger partial charge in [-0.15, -0.1) is 0 Å². The molecule has 1 heterocycles. The fourth-order valence-corrected chi connectivity index (χ4v) is 2.72. The number of rotatable bonds is 2. The van der Waals surface area contributed by atoms with Crippen LogP contribution in [0.4, 0.5) is 8.78 Å². The monoisotopic (exact) mass is 262 g/mol. The molecule has 1 aliphatic carbocycles. The summed E-state index contributed by atoms with van der Waals surface area (Å²) in [4.78, 5) is 0. The minimum absolute atomic E-state index is 0.106. The minimum Gasteiger partial charge on any atom is -0.349 e. The van der Waals surface area contributed by atoms with Crippen molar-refractivity contribution in [1.82, 2.24) is 4.57 Å². The molecule has 3 rings (SSSR count). The van der Waals surface area contributed by atoms with Gasteiger partial charge >= 0.3 is 0 Å². The van der Waals surface area contributed by atoms with Gasteiger partial charge in [0, 0.05) is 25.0 Å². The van der Waals surface area contributed by atoms with Crippen molar-refractivity contribution in [3.63, 3.8) is 0 Å². The molecular formula is C15H16F2N2. The lowest BCUT2D eigenvalue weighted by Gasteiger charge is -2.17. The van der Waals surface area contributed by atoms with Gasteiger partial charge in [0.2, 0.25) is 0 Å². The van der Waals surface area contributed by atoms with Gasteiger partial charge in [0.15, 0.2) is 11.6 Å². The predicted molar refractivity (Wildman–Crippen MR) is 69.8 cm³/mol. The fraction of sp³-hybridized carbons (Fsp3) is 0.333. The van der Waals surface area contributed by atoms with Gasteiger partial charge in [-0.2, -0.15) is 0 Å². The number of benzene rings is 1. The average Bonchev–Trinajstić information content (AvgIpc) is 2.78. The summed E-state index contributed by atoms with van der Waals surface area (Å²) in [6.07, 6.45) is 7.27. The number of fused-ring (bicyclic) bond motifs is 1. The van der Waals surface area contributed by atoms with Crippen molar-refractivity contribution in [3.8, 4) is 0 Å². The molecule has 0 spiro atoms. The summed E-state index contributed by atoms with van der Waals surface area (Å²) < 4.78 is 28.0. The topological polar surface area (TPSA) is 30.9 Å². The highest BCUT2D eigenvalue weighted by atomic mass is 19.2. The Morgan fingerprint density at radius 3 is 2.79 bits per heavy atom. The first-order valence-corrected chi connectivity index (χ1v) is 6.51. The van der Waals surface area contributed by atoms with E-state index in [1.54, 1.807) is 6.07 Å². The van der Waals surface area contributed by atoms with E-state index in [9.17, 15) is 8.78 Å². The number of nitrogens with two attached hydrogens (primary N) is 1. The lowest BCUT2D eigenvalue weighted by atomic mass is 9.92. The number of hydrogen-bond donors (Lipinski definition) is 1. The Balaban J connectivity index is 1.85. The van der Waals surface area contributed by atoms with Crippen LogP contribution < -0.4 is 5.73 Å². The van der Waals surface area contributed by atoms with Crippen LogP contribution in [0.3, 0.4) is 0 Å². The van der Waals surface area contributed by atoms with Gasteiger partial charge in [-0.05, 0) is 48.1 Å². The molecule has 0 saturated carbocycles. The summed E-state index contributed by atoms with van der Waals surface area (Å²) in [7, 11) is 0. The van der Waals surface area contributed by atoms with Gasteiger partial charge in [-0.3, -0.25) is 0 Å². The van der Waals surface area contributed by atoms with E-state index < -0.39 is 11.6 Å². The molecule has 1 aromatic heterocycles. The average molecular weight is 262 g/mol. The third-order valence-electron chi connectivity index (χ3n) is 3.71. The molecule has 4 heteroatoms. The quantitative estimate of drug-likeness (QED) is 0.885. The molecule has 0 radical (unpaired) electrons. The normalized spacial score (nSPS) is 18.4. The van der Waals surface area contributed by atoms with Crippen LogP contribution in [0.1, 0.15) is 35.6 Å². The Kier molecular flexibility index (Phi) is 3.11. The van der Waals surface area contributed by atoms with Crippen molar-refractivity contribution < 1.29 is 8.78 Å². The zero-order chi connectivity index (χ0) is 13.4. The van der Waals surface area contributed by atoms with E-state index in [2.05, 4.69) is 6.20 Å². The van der Waals surface area contributed by atoms with Crippen LogP contribution in [-0.2, 0) is 13.0 Å². The Labute approximate surface area is 110 Å². The molecule has 2 aromatic rings. The molecule has 0 saturated heterocycles. The molecule has 0 fully saturated rings. The summed E-state index contributed by atoms with van der Waals surface area (Å²) in [5.74, 6) is -1.61. The SMILES string of the molecule is NC1CCCc2cn(Cc3ccc(F)c(F)c3)cc21. The third kappa shape index (κ3) is 2.40. The minimum atomic E-state index is -0.808. The maximum absolute atomic E-state index is 13.2. The summed E-state index contributed by atoms with van der Waals surface area (Å²) in [6, 6.07) is 4.13. The van der Waals surface area contributed by atoms with Crippen LogP contribution in [0.25, 0.3) is 0 Å². The Hall–Kier alpha value is -1.68. The molecular weight excluding hydrogens is 246 g/mol. The van der Waals surface area contributed by atoms with Gasteiger partial charge in [0.1, 0.15) is 0 Å². The van der Waals surface area contributed by atoms with Crippen molar-refractivity contribution in [1.29, 1.82) is 0 Å². The lowest BCUT2D eigenvalue weighted by Crippen LogP contribution is -2.15. The summed E-state index contributed by atoms with van der Waals surface area (Å²) >= 11 is 0. The van der Waals surface area contributed by atoms with Crippen LogP contribution in [0.5, 0.6) is 0 Å². The van der Waals surface area contributed by atoms with Crippen LogP contribution in [0.2, 0.25) is 0 Å². The molecule has 0 bridgehead atoms. The Morgan fingerprint density at radius 2 is 2.05 bits per heavy atom. The second-order valence-corrected chi connectivity index (χ2v) is 5.16. The van der Waals surface area contributed by atoms with Gasteiger partial charge in [0.05, 0.1) is 0 Å². The summed E-state index contributed by atoms with van der Waals surface area (Å²) in [5.41, 5.74) is 9.29. The van der Waals surface area contributed by atoms with E-state index in [1.165, 1.54) is 23.3 Å². The highest BCUT2D eigenvalue weighted by Crippen LogP contribution is 2.28. The van der Waals surface area contributed by atoms with Crippen LogP contribution in [-0.4, -0.2) is 4.57 Å². The van der Waals surface area contributed by atoms with Crippen molar-refractivity contribution >= 4 is 0 Å². The molecule has 1 aromatic carbocycles. The molecule has 0 aliphatic heterocycles. The highest BCUT2D eigenvalue weighted by Gasteiger charge is 2.18. The molecule has 0 amide bonds. The first-order valence-electron chi connectivity index (χ1n) is 6.51. The van der Waals surface area contributed by atoms with Crippen molar-refractivity contribution in [3.05, 3.63) is 58.9 Å². The molecule has 1 aliphatic rings. The zero-order valence-electron chi connectivity index (χ0n) is 10.6. The molecule has 100 valence electrons. The second-order valence-electron chi connectivity index (χ2n) is 5.16. The number of aromatic nitrogens is 1. The highest BCUT2D eigenvalue weighted by molar-refractivity contribution is 5.31. The maximum atomic E-state index is 13.2. The third-order valence-corrected chi connectivity index (χ3v) is 3.71. The molecule has 1 unspecified atom stereocenters. The van der Waals surface area contributed by atoms with Crippen LogP contribution in [0.15, 0.2) is 30.6 Å². The van der Waals surface area contributed by atoms with Gasteiger partial charge in [-0.1, -0.05) is 6.07 Å². The van der Waals surface area contributed by atoms with E-state index in [0.29, 0.717) is 6.54 Å². The number of halogens is 2. The Bertz CT molecular complexity index is 604. The smallest absolute Gasteiger partial charge is 0.159 e. The van der Waals surface area contributed by atoms with E-state index >= 15 is 0 Å². The van der Waals surface area contributed by atoms with E-state index in [-0.39, 0.29) is 6.04 Å². The summed E-state index contributed by atoms with van der Waals surface area (Å²) in [5, 5.41) is 0. The van der Waals surface area contributed by atoms with Crippen molar-refractivity contribution in [2.45, 2.75) is 31.8 Å². The first kappa shape index (κ1) is 12.4. The van der Waals surface area contributed by atoms with E-state index in [0.717, 1.165) is 24.8 Å². The number of hydrogen-bond acceptors (Lipinski definition) is 1. The van der Waals surface area contributed by atoms with Gasteiger partial charge < -0.3 is 10.3 Å². The predicted octanol–water partition coefficient (Wildman–Crippen LogP) is 3.15. The second kappa shape index (κ2) is 4.78. The van der Waals surface area contributed by atoms with E-state index in [1.807, 2.05) is 10.8 Å².